The van der Waals surface area contributed by atoms with E-state index in [2.05, 4.69) is 34.6 Å². The van der Waals surface area contributed by atoms with Crippen LogP contribution in [0.2, 0.25) is 0 Å². The van der Waals surface area contributed by atoms with Gasteiger partial charge < -0.3 is 9.64 Å². The first-order chi connectivity index (χ1) is 18.1. The van der Waals surface area contributed by atoms with E-state index in [1.54, 1.807) is 10.6 Å². The SMILES string of the molecule is CCCCCN(C(=O)CC(C)CC(C)(C)C)C(C)c1nc2ccccc2c(=O)n1-c1ccccc1OCC. The Labute approximate surface area is 228 Å². The second kappa shape index (κ2) is 13.1. The highest BCUT2D eigenvalue weighted by Gasteiger charge is 2.29. The minimum atomic E-state index is -0.395. The van der Waals surface area contributed by atoms with E-state index in [4.69, 9.17) is 9.72 Å². The van der Waals surface area contributed by atoms with Gasteiger partial charge in [-0.1, -0.05) is 71.7 Å². The van der Waals surface area contributed by atoms with Gasteiger partial charge in [-0.25, -0.2) is 4.98 Å². The molecule has 6 heteroatoms. The maximum absolute atomic E-state index is 14.0. The van der Waals surface area contributed by atoms with Gasteiger partial charge in [-0.05, 0) is 62.3 Å². The van der Waals surface area contributed by atoms with Crippen molar-refractivity contribution in [3.63, 3.8) is 0 Å². The first kappa shape index (κ1) is 29.4. The molecule has 0 bridgehead atoms. The molecular formula is C32H45N3O3. The summed E-state index contributed by atoms with van der Waals surface area (Å²) in [5.74, 6) is 1.53. The lowest BCUT2D eigenvalue weighted by atomic mass is 9.84. The Hall–Kier alpha value is -3.15. The number of hydrogen-bond donors (Lipinski definition) is 0. The van der Waals surface area contributed by atoms with Crippen molar-refractivity contribution in [2.45, 2.75) is 86.6 Å². The van der Waals surface area contributed by atoms with Crippen LogP contribution < -0.4 is 10.3 Å². The molecule has 6 nitrogen and oxygen atoms in total. The summed E-state index contributed by atoms with van der Waals surface area (Å²) < 4.78 is 7.56. The number of fused-ring (bicyclic) bond motifs is 1. The molecule has 0 radical (unpaired) electrons. The van der Waals surface area contributed by atoms with Crippen LogP contribution in [0.5, 0.6) is 5.75 Å². The van der Waals surface area contributed by atoms with Crippen LogP contribution in [0.1, 0.15) is 92.4 Å². The molecule has 2 aromatic carbocycles. The smallest absolute Gasteiger partial charge is 0.266 e. The second-order valence-electron chi connectivity index (χ2n) is 11.6. The third kappa shape index (κ3) is 7.24. The largest absolute Gasteiger partial charge is 0.492 e. The number of carbonyl (C=O) groups excluding carboxylic acids is 1. The fraction of sp³-hybridized carbons (Fsp3) is 0.531. The van der Waals surface area contributed by atoms with Gasteiger partial charge in [0.15, 0.2) is 0 Å². The summed E-state index contributed by atoms with van der Waals surface area (Å²) in [6, 6.07) is 14.6. The van der Waals surface area contributed by atoms with Crippen LogP contribution in [0.3, 0.4) is 0 Å². The second-order valence-corrected chi connectivity index (χ2v) is 11.6. The summed E-state index contributed by atoms with van der Waals surface area (Å²) in [5.41, 5.74) is 1.27. The van der Waals surface area contributed by atoms with E-state index in [0.29, 0.717) is 47.7 Å². The van der Waals surface area contributed by atoms with E-state index in [9.17, 15) is 9.59 Å². The van der Waals surface area contributed by atoms with Crippen molar-refractivity contribution in [1.82, 2.24) is 14.5 Å². The zero-order chi connectivity index (χ0) is 27.9. The molecule has 2 atom stereocenters. The molecular weight excluding hydrogens is 474 g/mol. The van der Waals surface area contributed by atoms with Gasteiger partial charge in [0.25, 0.3) is 5.56 Å². The van der Waals surface area contributed by atoms with E-state index in [-0.39, 0.29) is 22.8 Å². The number of nitrogens with zero attached hydrogens (tertiary/aromatic N) is 3. The first-order valence-electron chi connectivity index (χ1n) is 14.1. The van der Waals surface area contributed by atoms with E-state index in [0.717, 1.165) is 25.7 Å². The van der Waals surface area contributed by atoms with E-state index in [1.807, 2.05) is 61.2 Å². The predicted octanol–water partition coefficient (Wildman–Crippen LogP) is 7.33. The number of aromatic nitrogens is 2. The Bertz CT molecular complexity index is 1270. The minimum absolute atomic E-state index is 0.109. The third-order valence-electron chi connectivity index (χ3n) is 6.86. The number of hydrogen-bond acceptors (Lipinski definition) is 4. The van der Waals surface area contributed by atoms with Gasteiger partial charge in [0.2, 0.25) is 5.91 Å². The number of carbonyl (C=O) groups is 1. The zero-order valence-electron chi connectivity index (χ0n) is 24.3. The van der Waals surface area contributed by atoms with Crippen LogP contribution in [-0.4, -0.2) is 33.5 Å². The van der Waals surface area contributed by atoms with Crippen molar-refractivity contribution in [2.24, 2.45) is 11.3 Å². The summed E-state index contributed by atoms with van der Waals surface area (Å²) in [6.45, 7) is 16.0. The number of ether oxygens (including phenoxy) is 1. The Morgan fingerprint density at radius 1 is 1.03 bits per heavy atom. The predicted molar refractivity (Wildman–Crippen MR) is 156 cm³/mol. The van der Waals surface area contributed by atoms with Gasteiger partial charge in [0.1, 0.15) is 11.6 Å². The Kier molecular flexibility index (Phi) is 10.1. The van der Waals surface area contributed by atoms with Crippen LogP contribution in [0.15, 0.2) is 53.3 Å². The molecule has 0 saturated carbocycles. The molecule has 38 heavy (non-hydrogen) atoms. The monoisotopic (exact) mass is 519 g/mol. The topological polar surface area (TPSA) is 64.4 Å². The summed E-state index contributed by atoms with van der Waals surface area (Å²) in [7, 11) is 0. The lowest BCUT2D eigenvalue weighted by molar-refractivity contribution is -0.134. The molecule has 2 unspecified atom stereocenters. The van der Waals surface area contributed by atoms with Crippen molar-refractivity contribution in [1.29, 1.82) is 0 Å². The third-order valence-corrected chi connectivity index (χ3v) is 6.86. The Balaban J connectivity index is 2.14. The maximum Gasteiger partial charge on any atom is 0.266 e. The van der Waals surface area contributed by atoms with Crippen LogP contribution in [0.25, 0.3) is 16.6 Å². The average molecular weight is 520 g/mol. The molecule has 3 aromatic rings. The van der Waals surface area contributed by atoms with Gasteiger partial charge in [0.05, 0.1) is 29.2 Å². The standard InChI is InChI=1S/C32H45N3O3/c1-8-10-15-20-34(29(36)21-23(3)22-32(5,6)7)24(4)30-33-26-17-12-11-16-25(26)31(37)35(30)27-18-13-14-19-28(27)38-9-2/h11-14,16-19,23-24H,8-10,15,20-22H2,1-7H3. The number of benzene rings is 2. The van der Waals surface area contributed by atoms with E-state index < -0.39 is 6.04 Å². The van der Waals surface area contributed by atoms with Crippen LogP contribution in [-0.2, 0) is 4.79 Å². The normalized spacial score (nSPS) is 13.3. The summed E-state index contributed by atoms with van der Waals surface area (Å²) in [6.07, 6.45) is 4.46. The molecule has 0 aliphatic carbocycles. The number of amides is 1. The van der Waals surface area contributed by atoms with Crippen molar-refractivity contribution in [3.05, 3.63) is 64.7 Å². The number of para-hydroxylation sites is 3. The molecule has 1 aromatic heterocycles. The van der Waals surface area contributed by atoms with Gasteiger partial charge in [-0.15, -0.1) is 0 Å². The lowest BCUT2D eigenvalue weighted by Crippen LogP contribution is -2.39. The molecule has 206 valence electrons. The van der Waals surface area contributed by atoms with E-state index in [1.165, 1.54) is 0 Å². The van der Waals surface area contributed by atoms with Crippen LogP contribution in [0.4, 0.5) is 0 Å². The summed E-state index contributed by atoms with van der Waals surface area (Å²) in [4.78, 5) is 34.7. The average Bonchev–Trinajstić information content (AvgIpc) is 2.86. The van der Waals surface area contributed by atoms with Crippen molar-refractivity contribution in [3.8, 4) is 11.4 Å². The molecule has 3 rings (SSSR count). The number of rotatable bonds is 12. The van der Waals surface area contributed by atoms with Gasteiger partial charge in [-0.2, -0.15) is 0 Å². The highest BCUT2D eigenvalue weighted by atomic mass is 16.5. The summed E-state index contributed by atoms with van der Waals surface area (Å²) in [5, 5.41) is 0.539. The Morgan fingerprint density at radius 2 is 1.71 bits per heavy atom. The Morgan fingerprint density at radius 3 is 2.39 bits per heavy atom. The first-order valence-corrected chi connectivity index (χ1v) is 14.1. The van der Waals surface area contributed by atoms with Crippen molar-refractivity contribution in [2.75, 3.05) is 13.2 Å². The maximum atomic E-state index is 14.0. The molecule has 1 heterocycles. The minimum Gasteiger partial charge on any atom is -0.492 e. The fourth-order valence-electron chi connectivity index (χ4n) is 5.32. The van der Waals surface area contributed by atoms with Gasteiger partial charge in [-0.3, -0.25) is 14.2 Å². The molecule has 0 spiro atoms. The highest BCUT2D eigenvalue weighted by Crippen LogP contribution is 2.30. The van der Waals surface area contributed by atoms with Crippen molar-refractivity contribution >= 4 is 16.8 Å². The zero-order valence-corrected chi connectivity index (χ0v) is 24.3. The van der Waals surface area contributed by atoms with Gasteiger partial charge in [0, 0.05) is 13.0 Å². The molecule has 0 fully saturated rings. The quantitative estimate of drug-likeness (QED) is 0.235. The van der Waals surface area contributed by atoms with Crippen LogP contribution in [0, 0.1) is 11.3 Å². The molecule has 0 aliphatic rings. The van der Waals surface area contributed by atoms with Crippen LogP contribution >= 0.6 is 0 Å². The molecule has 1 amide bonds. The lowest BCUT2D eigenvalue weighted by Gasteiger charge is -2.32. The highest BCUT2D eigenvalue weighted by molar-refractivity contribution is 5.79. The van der Waals surface area contributed by atoms with Gasteiger partial charge >= 0.3 is 0 Å². The van der Waals surface area contributed by atoms with Crippen molar-refractivity contribution < 1.29 is 9.53 Å². The van der Waals surface area contributed by atoms with E-state index >= 15 is 0 Å². The fourth-order valence-corrected chi connectivity index (χ4v) is 5.32. The molecule has 0 N–H and O–H groups in total. The molecule has 0 aliphatic heterocycles. The molecule has 0 saturated heterocycles. The summed E-state index contributed by atoms with van der Waals surface area (Å²) >= 11 is 0. The number of unbranched alkanes of at least 4 members (excludes halogenated alkanes) is 2.